The van der Waals surface area contributed by atoms with Gasteiger partial charge in [-0.25, -0.2) is 0 Å². The van der Waals surface area contributed by atoms with E-state index < -0.39 is 0 Å². The van der Waals surface area contributed by atoms with Crippen LogP contribution in [0.4, 0.5) is 0 Å². The molecule has 0 bridgehead atoms. The Morgan fingerprint density at radius 1 is 1.21 bits per heavy atom. The van der Waals surface area contributed by atoms with E-state index in [9.17, 15) is 0 Å². The molecule has 0 unspecified atom stereocenters. The highest BCUT2D eigenvalue weighted by atomic mass is 16.5. The molecule has 2 heteroatoms. The van der Waals surface area contributed by atoms with Crippen molar-refractivity contribution in [3.8, 4) is 5.75 Å². The minimum atomic E-state index is -0.146. The molecular formula is C12H19NO. The van der Waals surface area contributed by atoms with Gasteiger partial charge in [0.05, 0.1) is 6.61 Å². The average Bonchev–Trinajstić information content (AvgIpc) is 2.06. The maximum Gasteiger partial charge on any atom is 0.119 e. The smallest absolute Gasteiger partial charge is 0.119 e. The van der Waals surface area contributed by atoms with Gasteiger partial charge in [-0.2, -0.15) is 0 Å². The molecule has 1 aromatic rings. The molecule has 0 fully saturated rings. The summed E-state index contributed by atoms with van der Waals surface area (Å²) in [6.07, 6.45) is 0.888. The molecule has 0 spiro atoms. The van der Waals surface area contributed by atoms with Crippen molar-refractivity contribution < 1.29 is 4.74 Å². The number of rotatable bonds is 4. The quantitative estimate of drug-likeness (QED) is 0.796. The molecule has 1 aromatic carbocycles. The summed E-state index contributed by atoms with van der Waals surface area (Å²) < 4.78 is 5.36. The van der Waals surface area contributed by atoms with Crippen molar-refractivity contribution >= 4 is 0 Å². The van der Waals surface area contributed by atoms with Gasteiger partial charge < -0.3 is 10.5 Å². The lowest BCUT2D eigenvalue weighted by Crippen LogP contribution is -2.34. The largest absolute Gasteiger partial charge is 0.494 e. The second-order valence-corrected chi connectivity index (χ2v) is 4.24. The first kappa shape index (κ1) is 11.1. The average molecular weight is 193 g/mol. The fourth-order valence-corrected chi connectivity index (χ4v) is 1.40. The lowest BCUT2D eigenvalue weighted by Gasteiger charge is -2.18. The van der Waals surface area contributed by atoms with E-state index in [4.69, 9.17) is 10.5 Å². The third-order valence-electron chi connectivity index (χ3n) is 1.89. The van der Waals surface area contributed by atoms with Crippen LogP contribution < -0.4 is 10.5 Å². The Morgan fingerprint density at radius 3 is 2.21 bits per heavy atom. The fraction of sp³-hybridized carbons (Fsp3) is 0.500. The Balaban J connectivity index is 2.64. The van der Waals surface area contributed by atoms with Gasteiger partial charge in [0.15, 0.2) is 0 Å². The molecule has 0 saturated carbocycles. The molecule has 0 aliphatic carbocycles. The molecule has 0 heterocycles. The Hall–Kier alpha value is -1.02. The van der Waals surface area contributed by atoms with Crippen LogP contribution in [0.1, 0.15) is 26.3 Å². The summed E-state index contributed by atoms with van der Waals surface area (Å²) in [6, 6.07) is 8.12. The highest BCUT2D eigenvalue weighted by Crippen LogP contribution is 2.15. The normalized spacial score (nSPS) is 11.4. The summed E-state index contributed by atoms with van der Waals surface area (Å²) in [5.41, 5.74) is 7.04. The molecule has 0 atom stereocenters. The summed E-state index contributed by atoms with van der Waals surface area (Å²) >= 11 is 0. The molecular weight excluding hydrogens is 174 g/mol. The van der Waals surface area contributed by atoms with Gasteiger partial charge in [0.25, 0.3) is 0 Å². The summed E-state index contributed by atoms with van der Waals surface area (Å²) in [6.45, 7) is 6.76. The lowest BCUT2D eigenvalue weighted by atomic mass is 9.96. The van der Waals surface area contributed by atoms with E-state index in [0.29, 0.717) is 6.61 Å². The standard InChI is InChI=1S/C12H19NO/c1-4-14-11-7-5-10(6-8-11)9-12(2,3)13/h5-8H,4,9,13H2,1-3H3. The van der Waals surface area contributed by atoms with E-state index in [0.717, 1.165) is 12.2 Å². The third kappa shape index (κ3) is 3.79. The van der Waals surface area contributed by atoms with Crippen molar-refractivity contribution in [2.24, 2.45) is 5.73 Å². The predicted molar refractivity (Wildman–Crippen MR) is 59.6 cm³/mol. The SMILES string of the molecule is CCOc1ccc(CC(C)(C)N)cc1. The van der Waals surface area contributed by atoms with Crippen LogP contribution in [-0.2, 0) is 6.42 Å². The first-order chi connectivity index (χ1) is 6.51. The van der Waals surface area contributed by atoms with Crippen LogP contribution in [0.15, 0.2) is 24.3 Å². The summed E-state index contributed by atoms with van der Waals surface area (Å²) in [4.78, 5) is 0. The first-order valence-corrected chi connectivity index (χ1v) is 5.02. The van der Waals surface area contributed by atoms with Crippen molar-refractivity contribution in [3.63, 3.8) is 0 Å². The molecule has 0 amide bonds. The van der Waals surface area contributed by atoms with E-state index in [1.54, 1.807) is 0 Å². The van der Waals surface area contributed by atoms with Crippen LogP contribution in [0, 0.1) is 0 Å². The van der Waals surface area contributed by atoms with E-state index >= 15 is 0 Å². The molecule has 0 aliphatic rings. The van der Waals surface area contributed by atoms with Crippen molar-refractivity contribution in [2.75, 3.05) is 6.61 Å². The van der Waals surface area contributed by atoms with Crippen LogP contribution in [0.25, 0.3) is 0 Å². The van der Waals surface area contributed by atoms with E-state index in [-0.39, 0.29) is 5.54 Å². The molecule has 1 rings (SSSR count). The second-order valence-electron chi connectivity index (χ2n) is 4.24. The molecule has 2 nitrogen and oxygen atoms in total. The first-order valence-electron chi connectivity index (χ1n) is 5.02. The zero-order valence-corrected chi connectivity index (χ0v) is 9.21. The summed E-state index contributed by atoms with van der Waals surface area (Å²) in [5.74, 6) is 0.922. The molecule has 0 saturated heterocycles. The summed E-state index contributed by atoms with van der Waals surface area (Å²) in [7, 11) is 0. The lowest BCUT2D eigenvalue weighted by molar-refractivity contribution is 0.340. The van der Waals surface area contributed by atoms with Crippen molar-refractivity contribution in [1.82, 2.24) is 0 Å². The summed E-state index contributed by atoms with van der Waals surface area (Å²) in [5, 5.41) is 0. The maximum atomic E-state index is 5.93. The number of nitrogens with two attached hydrogens (primary N) is 1. The van der Waals surface area contributed by atoms with E-state index in [1.165, 1.54) is 5.56 Å². The minimum absolute atomic E-state index is 0.146. The Morgan fingerprint density at radius 2 is 1.79 bits per heavy atom. The number of hydrogen-bond acceptors (Lipinski definition) is 2. The van der Waals surface area contributed by atoms with Gasteiger partial charge in [-0.1, -0.05) is 12.1 Å². The van der Waals surface area contributed by atoms with Gasteiger partial charge in [-0.05, 0) is 44.9 Å². The van der Waals surface area contributed by atoms with Crippen molar-refractivity contribution in [2.45, 2.75) is 32.7 Å². The van der Waals surface area contributed by atoms with Crippen LogP contribution in [0.2, 0.25) is 0 Å². The Labute approximate surface area is 86.1 Å². The van der Waals surface area contributed by atoms with E-state index in [1.807, 2.05) is 32.9 Å². The van der Waals surface area contributed by atoms with Crippen LogP contribution in [0.5, 0.6) is 5.75 Å². The fourth-order valence-electron chi connectivity index (χ4n) is 1.40. The molecule has 78 valence electrons. The molecule has 2 N–H and O–H groups in total. The second kappa shape index (κ2) is 4.47. The molecule has 0 radical (unpaired) electrons. The van der Waals surface area contributed by atoms with Gasteiger partial charge in [-0.3, -0.25) is 0 Å². The van der Waals surface area contributed by atoms with Gasteiger partial charge in [-0.15, -0.1) is 0 Å². The molecule has 0 aliphatic heterocycles. The van der Waals surface area contributed by atoms with Gasteiger partial charge in [0.1, 0.15) is 5.75 Å². The molecule has 14 heavy (non-hydrogen) atoms. The van der Waals surface area contributed by atoms with Gasteiger partial charge >= 0.3 is 0 Å². The van der Waals surface area contributed by atoms with Crippen LogP contribution in [-0.4, -0.2) is 12.1 Å². The highest BCUT2D eigenvalue weighted by Gasteiger charge is 2.11. The zero-order chi connectivity index (χ0) is 10.6. The monoisotopic (exact) mass is 193 g/mol. The zero-order valence-electron chi connectivity index (χ0n) is 9.21. The topological polar surface area (TPSA) is 35.2 Å². The van der Waals surface area contributed by atoms with Crippen molar-refractivity contribution in [1.29, 1.82) is 0 Å². The third-order valence-corrected chi connectivity index (χ3v) is 1.89. The maximum absolute atomic E-state index is 5.93. The Bertz CT molecular complexity index is 271. The van der Waals surface area contributed by atoms with Gasteiger partial charge in [0, 0.05) is 5.54 Å². The van der Waals surface area contributed by atoms with Crippen LogP contribution in [0.3, 0.4) is 0 Å². The van der Waals surface area contributed by atoms with Crippen molar-refractivity contribution in [3.05, 3.63) is 29.8 Å². The Kier molecular flexibility index (Phi) is 3.53. The minimum Gasteiger partial charge on any atom is -0.494 e. The highest BCUT2D eigenvalue weighted by molar-refractivity contribution is 5.28. The number of benzene rings is 1. The number of hydrogen-bond donors (Lipinski definition) is 1. The number of ether oxygens (including phenoxy) is 1. The van der Waals surface area contributed by atoms with E-state index in [2.05, 4.69) is 12.1 Å². The van der Waals surface area contributed by atoms with Gasteiger partial charge in [0.2, 0.25) is 0 Å². The molecule has 0 aromatic heterocycles. The van der Waals surface area contributed by atoms with Crippen LogP contribution >= 0.6 is 0 Å². The predicted octanol–water partition coefficient (Wildman–Crippen LogP) is 2.37.